The first-order valence-corrected chi connectivity index (χ1v) is 7.22. The fourth-order valence-corrected chi connectivity index (χ4v) is 2.77. The molecule has 0 fully saturated rings. The second-order valence-corrected chi connectivity index (χ2v) is 5.42. The molecular formula is C14H17Cl2NO3. The van der Waals surface area contributed by atoms with Crippen LogP contribution in [0.3, 0.4) is 0 Å². The van der Waals surface area contributed by atoms with E-state index in [1.54, 1.807) is 13.2 Å². The van der Waals surface area contributed by atoms with Crippen molar-refractivity contribution in [3.05, 3.63) is 33.3 Å². The van der Waals surface area contributed by atoms with E-state index in [1.807, 2.05) is 6.07 Å². The maximum Gasteiger partial charge on any atom is 0.246 e. The van der Waals surface area contributed by atoms with Gasteiger partial charge in [0.25, 0.3) is 0 Å². The van der Waals surface area contributed by atoms with Gasteiger partial charge in [0, 0.05) is 7.11 Å². The lowest BCUT2D eigenvalue weighted by atomic mass is 10.1. The van der Waals surface area contributed by atoms with Gasteiger partial charge in [-0.3, -0.25) is 4.79 Å². The Morgan fingerprint density at radius 2 is 2.20 bits per heavy atom. The van der Waals surface area contributed by atoms with E-state index in [2.05, 4.69) is 5.32 Å². The van der Waals surface area contributed by atoms with E-state index < -0.39 is 0 Å². The SMILES string of the molecule is COCCOCC(=O)NC1CCc2c1ccc(Cl)c2Cl. The second-order valence-electron chi connectivity index (χ2n) is 4.63. The van der Waals surface area contributed by atoms with Crippen LogP contribution < -0.4 is 5.32 Å². The van der Waals surface area contributed by atoms with Crippen molar-refractivity contribution in [2.45, 2.75) is 18.9 Å². The van der Waals surface area contributed by atoms with Crippen LogP contribution in [0.25, 0.3) is 0 Å². The minimum Gasteiger partial charge on any atom is -0.382 e. The van der Waals surface area contributed by atoms with Crippen molar-refractivity contribution < 1.29 is 14.3 Å². The van der Waals surface area contributed by atoms with Crippen LogP contribution in [0.15, 0.2) is 12.1 Å². The van der Waals surface area contributed by atoms with Crippen LogP contribution in [-0.2, 0) is 20.7 Å². The van der Waals surface area contributed by atoms with Gasteiger partial charge in [0.15, 0.2) is 0 Å². The monoisotopic (exact) mass is 317 g/mol. The Morgan fingerprint density at radius 1 is 1.40 bits per heavy atom. The summed E-state index contributed by atoms with van der Waals surface area (Å²) in [5.74, 6) is -0.134. The van der Waals surface area contributed by atoms with Crippen molar-refractivity contribution in [1.29, 1.82) is 0 Å². The van der Waals surface area contributed by atoms with Gasteiger partial charge in [0.2, 0.25) is 5.91 Å². The van der Waals surface area contributed by atoms with Crippen LogP contribution >= 0.6 is 23.2 Å². The molecule has 1 amide bonds. The van der Waals surface area contributed by atoms with Gasteiger partial charge in [-0.15, -0.1) is 0 Å². The molecule has 1 unspecified atom stereocenters. The Bertz CT molecular complexity index is 494. The number of carbonyl (C=O) groups excluding carboxylic acids is 1. The predicted octanol–water partition coefficient (Wildman–Crippen LogP) is 2.76. The highest BCUT2D eigenvalue weighted by atomic mass is 35.5. The second kappa shape index (κ2) is 7.27. The van der Waals surface area contributed by atoms with E-state index in [1.165, 1.54) is 0 Å². The number of methoxy groups -OCH3 is 1. The van der Waals surface area contributed by atoms with Crippen molar-refractivity contribution in [2.24, 2.45) is 0 Å². The summed E-state index contributed by atoms with van der Waals surface area (Å²) in [6.07, 6.45) is 1.66. The van der Waals surface area contributed by atoms with E-state index in [0.29, 0.717) is 23.3 Å². The van der Waals surface area contributed by atoms with Crippen molar-refractivity contribution >= 4 is 29.1 Å². The Morgan fingerprint density at radius 3 is 2.95 bits per heavy atom. The van der Waals surface area contributed by atoms with Gasteiger partial charge in [-0.2, -0.15) is 0 Å². The summed E-state index contributed by atoms with van der Waals surface area (Å²) in [6.45, 7) is 0.927. The number of carbonyl (C=O) groups is 1. The number of nitrogens with one attached hydrogen (secondary N) is 1. The highest BCUT2D eigenvalue weighted by Gasteiger charge is 2.26. The zero-order valence-electron chi connectivity index (χ0n) is 11.2. The third-order valence-electron chi connectivity index (χ3n) is 3.29. The van der Waals surface area contributed by atoms with Crippen LogP contribution in [-0.4, -0.2) is 32.8 Å². The smallest absolute Gasteiger partial charge is 0.246 e. The molecule has 20 heavy (non-hydrogen) atoms. The third-order valence-corrected chi connectivity index (χ3v) is 4.13. The molecule has 1 aliphatic carbocycles. The number of amides is 1. The average molecular weight is 318 g/mol. The standard InChI is InChI=1S/C14H17Cl2NO3/c1-19-6-7-20-8-13(18)17-12-5-3-10-9(12)2-4-11(15)14(10)16/h2,4,12H,3,5-8H2,1H3,(H,17,18). The summed E-state index contributed by atoms with van der Waals surface area (Å²) >= 11 is 12.2. The maximum atomic E-state index is 11.8. The van der Waals surface area contributed by atoms with Crippen LogP contribution in [0.5, 0.6) is 0 Å². The molecule has 0 heterocycles. The van der Waals surface area contributed by atoms with E-state index >= 15 is 0 Å². The summed E-state index contributed by atoms with van der Waals surface area (Å²) < 4.78 is 10.0. The first kappa shape index (κ1) is 15.6. The van der Waals surface area contributed by atoms with Gasteiger partial charge in [-0.05, 0) is 30.0 Å². The Labute approximate surface area is 128 Å². The number of hydrogen-bond acceptors (Lipinski definition) is 3. The van der Waals surface area contributed by atoms with Gasteiger partial charge in [-0.1, -0.05) is 29.3 Å². The molecule has 2 rings (SSSR count). The number of benzene rings is 1. The Balaban J connectivity index is 1.91. The highest BCUT2D eigenvalue weighted by Crippen LogP contribution is 2.38. The number of halogens is 2. The molecule has 0 aliphatic heterocycles. The average Bonchev–Trinajstić information content (AvgIpc) is 2.83. The fourth-order valence-electron chi connectivity index (χ4n) is 2.33. The van der Waals surface area contributed by atoms with Crippen molar-refractivity contribution in [1.82, 2.24) is 5.32 Å². The largest absolute Gasteiger partial charge is 0.382 e. The zero-order chi connectivity index (χ0) is 14.5. The molecule has 1 N–H and O–H groups in total. The zero-order valence-corrected chi connectivity index (χ0v) is 12.8. The minimum absolute atomic E-state index is 0.0155. The van der Waals surface area contributed by atoms with Crippen molar-refractivity contribution in [3.8, 4) is 0 Å². The molecule has 0 radical (unpaired) electrons. The summed E-state index contributed by atoms with van der Waals surface area (Å²) in [5.41, 5.74) is 2.08. The summed E-state index contributed by atoms with van der Waals surface area (Å²) in [4.78, 5) is 11.8. The molecule has 1 aromatic rings. The molecular weight excluding hydrogens is 301 g/mol. The number of hydrogen-bond donors (Lipinski definition) is 1. The predicted molar refractivity (Wildman–Crippen MR) is 78.4 cm³/mol. The van der Waals surface area contributed by atoms with E-state index in [9.17, 15) is 4.79 Å². The molecule has 1 aliphatic rings. The molecule has 6 heteroatoms. The highest BCUT2D eigenvalue weighted by molar-refractivity contribution is 6.42. The third kappa shape index (κ3) is 3.64. The van der Waals surface area contributed by atoms with Gasteiger partial charge < -0.3 is 14.8 Å². The van der Waals surface area contributed by atoms with E-state index in [4.69, 9.17) is 32.7 Å². The van der Waals surface area contributed by atoms with Gasteiger partial charge in [-0.25, -0.2) is 0 Å². The van der Waals surface area contributed by atoms with E-state index in [-0.39, 0.29) is 18.6 Å². The van der Waals surface area contributed by atoms with Gasteiger partial charge in [0.1, 0.15) is 6.61 Å². The van der Waals surface area contributed by atoms with Gasteiger partial charge >= 0.3 is 0 Å². The topological polar surface area (TPSA) is 47.6 Å². The molecule has 0 saturated carbocycles. The maximum absolute atomic E-state index is 11.8. The van der Waals surface area contributed by atoms with Gasteiger partial charge in [0.05, 0.1) is 29.3 Å². The molecule has 1 atom stereocenters. The Kier molecular flexibility index (Phi) is 5.66. The normalized spacial score (nSPS) is 17.1. The number of ether oxygens (including phenoxy) is 2. The molecule has 0 bridgehead atoms. The molecule has 0 spiro atoms. The number of rotatable bonds is 6. The molecule has 1 aromatic carbocycles. The first-order chi connectivity index (χ1) is 9.63. The molecule has 110 valence electrons. The van der Waals surface area contributed by atoms with Crippen LogP contribution in [0.4, 0.5) is 0 Å². The molecule has 0 saturated heterocycles. The van der Waals surface area contributed by atoms with Crippen molar-refractivity contribution in [2.75, 3.05) is 26.9 Å². The lowest BCUT2D eigenvalue weighted by Crippen LogP contribution is -2.31. The molecule has 0 aromatic heterocycles. The summed E-state index contributed by atoms with van der Waals surface area (Å²) in [5, 5.41) is 4.10. The summed E-state index contributed by atoms with van der Waals surface area (Å²) in [7, 11) is 1.59. The van der Waals surface area contributed by atoms with E-state index in [0.717, 1.165) is 24.0 Å². The molecule has 4 nitrogen and oxygen atoms in total. The first-order valence-electron chi connectivity index (χ1n) is 6.46. The number of fused-ring (bicyclic) bond motifs is 1. The summed E-state index contributed by atoms with van der Waals surface area (Å²) in [6, 6.07) is 3.67. The Hall–Kier alpha value is -0.810. The van der Waals surface area contributed by atoms with Crippen molar-refractivity contribution in [3.63, 3.8) is 0 Å². The lowest BCUT2D eigenvalue weighted by molar-refractivity contribution is -0.126. The quantitative estimate of drug-likeness (QED) is 0.821. The van der Waals surface area contributed by atoms with Crippen LogP contribution in [0.2, 0.25) is 10.0 Å². The lowest BCUT2D eigenvalue weighted by Gasteiger charge is -2.14. The fraction of sp³-hybridized carbons (Fsp3) is 0.500. The van der Waals surface area contributed by atoms with Crippen LogP contribution in [0.1, 0.15) is 23.6 Å². The minimum atomic E-state index is -0.134. The van der Waals surface area contributed by atoms with Crippen LogP contribution in [0, 0.1) is 0 Å².